The normalized spacial score (nSPS) is 15.3. The van der Waals surface area contributed by atoms with E-state index in [1.807, 2.05) is 19.1 Å². The molecule has 2 rings (SSSR count). The van der Waals surface area contributed by atoms with Crippen LogP contribution in [0.3, 0.4) is 0 Å². The van der Waals surface area contributed by atoms with Crippen molar-refractivity contribution in [1.82, 2.24) is 4.90 Å². The molecule has 0 bridgehead atoms. The van der Waals surface area contributed by atoms with Gasteiger partial charge >= 0.3 is 5.97 Å². The van der Waals surface area contributed by atoms with Gasteiger partial charge in [0.1, 0.15) is 12.3 Å². The van der Waals surface area contributed by atoms with E-state index >= 15 is 0 Å². The van der Waals surface area contributed by atoms with E-state index in [1.54, 1.807) is 11.0 Å². The average Bonchev–Trinajstić information content (AvgIpc) is 2.42. The largest absolute Gasteiger partial charge is 0.495 e. The van der Waals surface area contributed by atoms with Gasteiger partial charge in [-0.15, -0.1) is 0 Å². The zero-order valence-electron chi connectivity index (χ0n) is 11.8. The molecule has 0 atom stereocenters. The lowest BCUT2D eigenvalue weighted by Crippen LogP contribution is -2.55. The third-order valence-electron chi connectivity index (χ3n) is 3.22. The lowest BCUT2D eigenvalue weighted by atomic mass is 10.1. The second kappa shape index (κ2) is 5.82. The number of hydrogen-bond acceptors (Lipinski definition) is 5. The lowest BCUT2D eigenvalue weighted by molar-refractivity contribution is -0.153. The minimum Gasteiger partial charge on any atom is -0.495 e. The molecule has 1 aliphatic heterocycles. The summed E-state index contributed by atoms with van der Waals surface area (Å²) in [7, 11) is 1.51. The van der Waals surface area contributed by atoms with Crippen molar-refractivity contribution in [3.8, 4) is 5.75 Å². The molecule has 0 saturated carbocycles. The minimum atomic E-state index is -1.21. The number of methoxy groups -OCH3 is 1. The van der Waals surface area contributed by atoms with Crippen molar-refractivity contribution >= 4 is 23.5 Å². The number of carbonyl (C=O) groups excluding carboxylic acids is 2. The summed E-state index contributed by atoms with van der Waals surface area (Å²) in [4.78, 5) is 37.0. The summed E-state index contributed by atoms with van der Waals surface area (Å²) in [5, 5.41) is 8.72. The highest BCUT2D eigenvalue weighted by molar-refractivity contribution is 6.04. The van der Waals surface area contributed by atoms with Crippen LogP contribution in [0.5, 0.6) is 5.75 Å². The van der Waals surface area contributed by atoms with Crippen LogP contribution in [0.2, 0.25) is 0 Å². The van der Waals surface area contributed by atoms with Gasteiger partial charge in [-0.2, -0.15) is 0 Å². The van der Waals surface area contributed by atoms with Gasteiger partial charge in [-0.05, 0) is 24.6 Å². The van der Waals surface area contributed by atoms with Crippen LogP contribution in [0.15, 0.2) is 18.2 Å². The molecule has 1 heterocycles. The maximum absolute atomic E-state index is 12.0. The fourth-order valence-electron chi connectivity index (χ4n) is 2.22. The van der Waals surface area contributed by atoms with Crippen molar-refractivity contribution < 1.29 is 24.2 Å². The summed E-state index contributed by atoms with van der Waals surface area (Å²) in [5.74, 6) is -1.71. The van der Waals surface area contributed by atoms with Crippen LogP contribution in [0.1, 0.15) is 5.56 Å². The summed E-state index contributed by atoms with van der Waals surface area (Å²) >= 11 is 0. The molecule has 1 fully saturated rings. The molecular weight excluding hydrogens is 276 g/mol. The number of carbonyl (C=O) groups is 3. The summed E-state index contributed by atoms with van der Waals surface area (Å²) in [6, 6.07) is 5.46. The number of rotatable bonds is 4. The Bertz CT molecular complexity index is 581. The Labute approximate surface area is 121 Å². The number of aryl methyl sites for hydroxylation is 1. The molecule has 7 heteroatoms. The monoisotopic (exact) mass is 292 g/mol. The highest BCUT2D eigenvalue weighted by Crippen LogP contribution is 2.30. The maximum atomic E-state index is 12.0. The quantitative estimate of drug-likeness (QED) is 0.801. The van der Waals surface area contributed by atoms with E-state index in [0.29, 0.717) is 11.4 Å². The van der Waals surface area contributed by atoms with E-state index in [4.69, 9.17) is 9.84 Å². The van der Waals surface area contributed by atoms with Crippen LogP contribution in [-0.4, -0.2) is 54.5 Å². The zero-order chi connectivity index (χ0) is 15.6. The number of carboxylic acid groups (broad SMARTS) is 1. The maximum Gasteiger partial charge on any atom is 0.323 e. The number of ether oxygens (including phenoxy) is 1. The van der Waals surface area contributed by atoms with Crippen LogP contribution in [0.4, 0.5) is 5.69 Å². The topological polar surface area (TPSA) is 87.2 Å². The highest BCUT2D eigenvalue weighted by atomic mass is 16.5. The minimum absolute atomic E-state index is 0.0567. The molecule has 0 spiro atoms. The molecule has 1 aromatic rings. The Morgan fingerprint density at radius 2 is 1.90 bits per heavy atom. The van der Waals surface area contributed by atoms with Crippen LogP contribution in [0, 0.1) is 6.92 Å². The molecule has 7 nitrogen and oxygen atoms in total. The molecule has 112 valence electrons. The highest BCUT2D eigenvalue weighted by Gasteiger charge is 2.33. The Morgan fingerprint density at radius 3 is 2.43 bits per heavy atom. The van der Waals surface area contributed by atoms with Gasteiger partial charge in [-0.3, -0.25) is 19.3 Å². The number of piperazine rings is 1. The SMILES string of the molecule is COc1ccc(C)cc1N1CC(=O)N(CC(=O)O)C(=O)C1. The van der Waals surface area contributed by atoms with Gasteiger partial charge in [0.05, 0.1) is 25.9 Å². The van der Waals surface area contributed by atoms with E-state index in [2.05, 4.69) is 0 Å². The second-order valence-electron chi connectivity index (χ2n) is 4.80. The average molecular weight is 292 g/mol. The van der Waals surface area contributed by atoms with Gasteiger partial charge in [0, 0.05) is 0 Å². The molecule has 0 unspecified atom stereocenters. The van der Waals surface area contributed by atoms with Crippen molar-refractivity contribution in [2.24, 2.45) is 0 Å². The molecule has 1 saturated heterocycles. The second-order valence-corrected chi connectivity index (χ2v) is 4.80. The third kappa shape index (κ3) is 3.13. The van der Waals surface area contributed by atoms with Gasteiger partial charge < -0.3 is 14.7 Å². The molecule has 1 aromatic carbocycles. The summed E-state index contributed by atoms with van der Waals surface area (Å²) in [5.41, 5.74) is 1.62. The molecule has 2 amide bonds. The van der Waals surface area contributed by atoms with Gasteiger partial charge in [-0.25, -0.2) is 0 Å². The van der Waals surface area contributed by atoms with Gasteiger partial charge in [-0.1, -0.05) is 6.07 Å². The van der Waals surface area contributed by atoms with E-state index in [9.17, 15) is 14.4 Å². The number of carboxylic acids is 1. The molecule has 0 aromatic heterocycles. The number of hydrogen-bond donors (Lipinski definition) is 1. The third-order valence-corrected chi connectivity index (χ3v) is 3.22. The fourth-order valence-corrected chi connectivity index (χ4v) is 2.22. The van der Waals surface area contributed by atoms with E-state index in [1.165, 1.54) is 7.11 Å². The number of nitrogens with zero attached hydrogens (tertiary/aromatic N) is 2. The number of amides is 2. The van der Waals surface area contributed by atoms with Crippen LogP contribution >= 0.6 is 0 Å². The van der Waals surface area contributed by atoms with Gasteiger partial charge in [0.25, 0.3) is 0 Å². The molecule has 21 heavy (non-hydrogen) atoms. The van der Waals surface area contributed by atoms with Crippen LogP contribution in [-0.2, 0) is 14.4 Å². The Kier molecular flexibility index (Phi) is 4.11. The standard InChI is InChI=1S/C14H16N2O5/c1-9-3-4-11(21-2)10(5-9)15-6-12(17)16(8-14(19)20)13(18)7-15/h3-5H,6-8H2,1-2H3,(H,19,20). The zero-order valence-corrected chi connectivity index (χ0v) is 11.8. The van der Waals surface area contributed by atoms with Gasteiger partial charge in [0.15, 0.2) is 0 Å². The number of imide groups is 1. The van der Waals surface area contributed by atoms with E-state index < -0.39 is 24.3 Å². The lowest BCUT2D eigenvalue weighted by Gasteiger charge is -2.33. The van der Waals surface area contributed by atoms with Gasteiger partial charge in [0.2, 0.25) is 11.8 Å². The number of aliphatic carboxylic acids is 1. The first kappa shape index (κ1) is 14.8. The number of anilines is 1. The van der Waals surface area contributed by atoms with Crippen molar-refractivity contribution in [3.63, 3.8) is 0 Å². The molecular formula is C14H16N2O5. The van der Waals surface area contributed by atoms with E-state index in [-0.39, 0.29) is 13.1 Å². The van der Waals surface area contributed by atoms with Crippen LogP contribution in [0.25, 0.3) is 0 Å². The molecule has 1 aliphatic rings. The predicted molar refractivity (Wildman–Crippen MR) is 74.3 cm³/mol. The molecule has 1 N–H and O–H groups in total. The van der Waals surface area contributed by atoms with E-state index in [0.717, 1.165) is 10.5 Å². The van der Waals surface area contributed by atoms with Crippen LogP contribution < -0.4 is 9.64 Å². The number of benzene rings is 1. The molecule has 0 aliphatic carbocycles. The van der Waals surface area contributed by atoms with Crippen molar-refractivity contribution in [2.75, 3.05) is 31.6 Å². The summed E-state index contributed by atoms with van der Waals surface area (Å²) in [6.07, 6.45) is 0. The van der Waals surface area contributed by atoms with Crippen molar-refractivity contribution in [3.05, 3.63) is 23.8 Å². The van der Waals surface area contributed by atoms with Crippen molar-refractivity contribution in [2.45, 2.75) is 6.92 Å². The smallest absolute Gasteiger partial charge is 0.323 e. The Balaban J connectivity index is 2.25. The molecule has 0 radical (unpaired) electrons. The Hall–Kier alpha value is -2.57. The summed E-state index contributed by atoms with van der Waals surface area (Å²) < 4.78 is 5.24. The first-order valence-electron chi connectivity index (χ1n) is 6.37. The Morgan fingerprint density at radius 1 is 1.29 bits per heavy atom. The predicted octanol–water partition coefficient (Wildman–Crippen LogP) is 0.263. The summed E-state index contributed by atoms with van der Waals surface area (Å²) in [6.45, 7) is 1.18. The fraction of sp³-hybridized carbons (Fsp3) is 0.357. The van der Waals surface area contributed by atoms with Crippen molar-refractivity contribution in [1.29, 1.82) is 0 Å². The first-order chi connectivity index (χ1) is 9.92. The first-order valence-corrected chi connectivity index (χ1v) is 6.37.